The first kappa shape index (κ1) is 14.9. The van der Waals surface area contributed by atoms with Crippen LogP contribution < -0.4 is 15.5 Å². The Morgan fingerprint density at radius 1 is 1.40 bits per heavy atom. The van der Waals surface area contributed by atoms with Gasteiger partial charge in [0.1, 0.15) is 0 Å². The van der Waals surface area contributed by atoms with Gasteiger partial charge in [0.2, 0.25) is 5.91 Å². The summed E-state index contributed by atoms with van der Waals surface area (Å²) in [6, 6.07) is 6.03. The standard InChI is InChI=1S/C16H25N3O/c1-11-7-8-17-15(9-11)16(20)18-14-6-5-13(19(3)4)10-12(14)2/h5-6,10-11,15,17H,7-9H2,1-4H3,(H,18,20). The van der Waals surface area contributed by atoms with E-state index in [9.17, 15) is 4.79 Å². The van der Waals surface area contributed by atoms with Gasteiger partial charge in [0.15, 0.2) is 0 Å². The molecule has 4 heteroatoms. The summed E-state index contributed by atoms with van der Waals surface area (Å²) < 4.78 is 0. The Kier molecular flexibility index (Phi) is 4.65. The topological polar surface area (TPSA) is 44.4 Å². The first-order valence-corrected chi connectivity index (χ1v) is 7.29. The zero-order chi connectivity index (χ0) is 14.7. The van der Waals surface area contributed by atoms with E-state index in [0.717, 1.165) is 36.3 Å². The van der Waals surface area contributed by atoms with E-state index in [1.165, 1.54) is 0 Å². The molecular weight excluding hydrogens is 250 g/mol. The van der Waals surface area contributed by atoms with Crippen molar-refractivity contribution in [3.63, 3.8) is 0 Å². The van der Waals surface area contributed by atoms with Gasteiger partial charge in [-0.2, -0.15) is 0 Å². The first-order chi connectivity index (χ1) is 9.47. The number of hydrogen-bond donors (Lipinski definition) is 2. The van der Waals surface area contributed by atoms with Crippen molar-refractivity contribution in [1.29, 1.82) is 0 Å². The number of amides is 1. The third-order valence-electron chi connectivity index (χ3n) is 3.97. The Labute approximate surface area is 121 Å². The fraction of sp³-hybridized carbons (Fsp3) is 0.562. The maximum absolute atomic E-state index is 12.3. The fourth-order valence-electron chi connectivity index (χ4n) is 2.59. The smallest absolute Gasteiger partial charge is 0.241 e. The van der Waals surface area contributed by atoms with Crippen molar-refractivity contribution in [2.75, 3.05) is 30.9 Å². The summed E-state index contributed by atoms with van der Waals surface area (Å²) in [7, 11) is 4.03. The lowest BCUT2D eigenvalue weighted by Crippen LogP contribution is -2.45. The highest BCUT2D eigenvalue weighted by atomic mass is 16.2. The summed E-state index contributed by atoms with van der Waals surface area (Å²) >= 11 is 0. The van der Waals surface area contributed by atoms with Crippen LogP contribution in [0.4, 0.5) is 11.4 Å². The van der Waals surface area contributed by atoms with Crippen LogP contribution in [0, 0.1) is 12.8 Å². The van der Waals surface area contributed by atoms with E-state index < -0.39 is 0 Å². The van der Waals surface area contributed by atoms with Crippen molar-refractivity contribution in [3.8, 4) is 0 Å². The van der Waals surface area contributed by atoms with E-state index in [1.54, 1.807) is 0 Å². The van der Waals surface area contributed by atoms with Gasteiger partial charge in [-0.15, -0.1) is 0 Å². The number of carbonyl (C=O) groups is 1. The average molecular weight is 275 g/mol. The molecule has 0 spiro atoms. The summed E-state index contributed by atoms with van der Waals surface area (Å²) in [6.07, 6.45) is 2.07. The Morgan fingerprint density at radius 2 is 2.15 bits per heavy atom. The van der Waals surface area contributed by atoms with Crippen LogP contribution in [0.2, 0.25) is 0 Å². The zero-order valence-electron chi connectivity index (χ0n) is 12.9. The summed E-state index contributed by atoms with van der Waals surface area (Å²) in [5.41, 5.74) is 3.14. The number of piperidine rings is 1. The molecule has 1 aliphatic heterocycles. The van der Waals surface area contributed by atoms with E-state index in [2.05, 4.69) is 28.5 Å². The molecular formula is C16H25N3O. The Hall–Kier alpha value is -1.55. The third-order valence-corrected chi connectivity index (χ3v) is 3.97. The molecule has 110 valence electrons. The van der Waals surface area contributed by atoms with E-state index in [-0.39, 0.29) is 11.9 Å². The summed E-state index contributed by atoms with van der Waals surface area (Å²) in [5, 5.41) is 6.34. The molecule has 2 atom stereocenters. The Morgan fingerprint density at radius 3 is 2.75 bits per heavy atom. The minimum absolute atomic E-state index is 0.0633. The molecule has 4 nitrogen and oxygen atoms in total. The highest BCUT2D eigenvalue weighted by Gasteiger charge is 2.24. The minimum atomic E-state index is -0.0633. The molecule has 2 N–H and O–H groups in total. The number of aryl methyl sites for hydroxylation is 1. The van der Waals surface area contributed by atoms with E-state index in [0.29, 0.717) is 5.92 Å². The normalized spacial score (nSPS) is 22.4. The van der Waals surface area contributed by atoms with E-state index >= 15 is 0 Å². The quantitative estimate of drug-likeness (QED) is 0.890. The third kappa shape index (κ3) is 3.51. The molecule has 20 heavy (non-hydrogen) atoms. The van der Waals surface area contributed by atoms with Crippen LogP contribution in [0.25, 0.3) is 0 Å². The van der Waals surface area contributed by atoms with Crippen molar-refractivity contribution in [2.45, 2.75) is 32.7 Å². The molecule has 1 amide bonds. The summed E-state index contributed by atoms with van der Waals surface area (Å²) in [6.45, 7) is 5.16. The van der Waals surface area contributed by atoms with Gasteiger partial charge in [0, 0.05) is 25.5 Å². The SMILES string of the molecule is Cc1cc(N(C)C)ccc1NC(=O)C1CC(C)CCN1. The molecule has 1 aliphatic rings. The van der Waals surface area contributed by atoms with Gasteiger partial charge in [-0.3, -0.25) is 4.79 Å². The van der Waals surface area contributed by atoms with Crippen LogP contribution in [0.1, 0.15) is 25.3 Å². The molecule has 1 fully saturated rings. The van der Waals surface area contributed by atoms with Gasteiger partial charge in [-0.1, -0.05) is 6.92 Å². The van der Waals surface area contributed by atoms with Crippen LogP contribution in [-0.2, 0) is 4.79 Å². The molecule has 0 saturated carbocycles. The van der Waals surface area contributed by atoms with Gasteiger partial charge in [0.25, 0.3) is 0 Å². The fourth-order valence-corrected chi connectivity index (χ4v) is 2.59. The van der Waals surface area contributed by atoms with Gasteiger partial charge in [0.05, 0.1) is 6.04 Å². The largest absolute Gasteiger partial charge is 0.378 e. The van der Waals surface area contributed by atoms with Gasteiger partial charge in [-0.25, -0.2) is 0 Å². The van der Waals surface area contributed by atoms with E-state index in [4.69, 9.17) is 0 Å². The maximum Gasteiger partial charge on any atom is 0.241 e. The highest BCUT2D eigenvalue weighted by Crippen LogP contribution is 2.22. The monoisotopic (exact) mass is 275 g/mol. The molecule has 2 rings (SSSR count). The second-order valence-electron chi connectivity index (χ2n) is 6.02. The minimum Gasteiger partial charge on any atom is -0.378 e. The number of anilines is 2. The molecule has 0 aliphatic carbocycles. The van der Waals surface area contributed by atoms with Crippen molar-refractivity contribution < 1.29 is 4.79 Å². The molecule has 1 saturated heterocycles. The second kappa shape index (κ2) is 6.27. The lowest BCUT2D eigenvalue weighted by atomic mass is 9.94. The second-order valence-corrected chi connectivity index (χ2v) is 6.02. The number of benzene rings is 1. The predicted octanol–water partition coefficient (Wildman–Crippen LogP) is 2.39. The molecule has 0 bridgehead atoms. The van der Waals surface area contributed by atoms with Crippen LogP contribution in [-0.4, -0.2) is 32.6 Å². The van der Waals surface area contributed by atoms with Gasteiger partial charge >= 0.3 is 0 Å². The summed E-state index contributed by atoms with van der Waals surface area (Å²) in [5.74, 6) is 0.696. The van der Waals surface area contributed by atoms with E-state index in [1.807, 2.05) is 33.2 Å². The van der Waals surface area contributed by atoms with Crippen LogP contribution in [0.5, 0.6) is 0 Å². The first-order valence-electron chi connectivity index (χ1n) is 7.29. The van der Waals surface area contributed by atoms with Crippen molar-refractivity contribution in [1.82, 2.24) is 5.32 Å². The molecule has 2 unspecified atom stereocenters. The van der Waals surface area contributed by atoms with Gasteiger partial charge in [-0.05, 0) is 56.0 Å². The molecule has 0 aromatic heterocycles. The van der Waals surface area contributed by atoms with Crippen LogP contribution in [0.15, 0.2) is 18.2 Å². The summed E-state index contributed by atoms with van der Waals surface area (Å²) in [4.78, 5) is 14.4. The number of nitrogens with zero attached hydrogens (tertiary/aromatic N) is 1. The number of hydrogen-bond acceptors (Lipinski definition) is 3. The molecule has 1 aromatic carbocycles. The van der Waals surface area contributed by atoms with Crippen LogP contribution >= 0.6 is 0 Å². The Bertz CT molecular complexity index is 485. The highest BCUT2D eigenvalue weighted by molar-refractivity contribution is 5.95. The molecule has 1 heterocycles. The van der Waals surface area contributed by atoms with Crippen molar-refractivity contribution in [2.24, 2.45) is 5.92 Å². The number of nitrogens with one attached hydrogen (secondary N) is 2. The zero-order valence-corrected chi connectivity index (χ0v) is 12.9. The Balaban J connectivity index is 2.04. The average Bonchev–Trinajstić information content (AvgIpc) is 2.40. The predicted molar refractivity (Wildman–Crippen MR) is 84.3 cm³/mol. The number of rotatable bonds is 3. The molecule has 0 radical (unpaired) electrons. The number of carbonyl (C=O) groups excluding carboxylic acids is 1. The van der Waals surface area contributed by atoms with Gasteiger partial charge < -0.3 is 15.5 Å². The lowest BCUT2D eigenvalue weighted by Gasteiger charge is -2.27. The van der Waals surface area contributed by atoms with Crippen molar-refractivity contribution in [3.05, 3.63) is 23.8 Å². The van der Waals surface area contributed by atoms with Crippen LogP contribution in [0.3, 0.4) is 0 Å². The van der Waals surface area contributed by atoms with Crippen molar-refractivity contribution >= 4 is 17.3 Å². The maximum atomic E-state index is 12.3. The molecule has 1 aromatic rings. The lowest BCUT2D eigenvalue weighted by molar-refractivity contribution is -0.119.